The molecule has 0 aromatic carbocycles. The standard InChI is InChI=1S/C15H11F3N4O2S2/c1-7(12(23)22-14(20)24)26-13-8(6-19)9(15(16,17)18)5-10(21-13)11-3-2-4-25-11/h2-5,7H,1H3,(H3,20,22,23,24). The number of imide groups is 1. The highest BCUT2D eigenvalue weighted by Gasteiger charge is 2.36. The Labute approximate surface area is 154 Å². The number of primary amides is 1. The topological polar surface area (TPSA) is 109 Å². The zero-order valence-corrected chi connectivity index (χ0v) is 14.8. The number of carbonyl (C=O) groups is 2. The molecule has 2 aromatic rings. The van der Waals surface area contributed by atoms with Crippen molar-refractivity contribution in [3.8, 4) is 16.6 Å². The first-order chi connectivity index (χ1) is 12.1. The maximum Gasteiger partial charge on any atom is 0.417 e. The smallest absolute Gasteiger partial charge is 0.351 e. The van der Waals surface area contributed by atoms with Gasteiger partial charge in [0.2, 0.25) is 5.91 Å². The van der Waals surface area contributed by atoms with Crippen LogP contribution in [0, 0.1) is 11.3 Å². The third-order valence-corrected chi connectivity index (χ3v) is 5.06. The number of hydrogen-bond donors (Lipinski definition) is 2. The van der Waals surface area contributed by atoms with E-state index in [1.165, 1.54) is 24.3 Å². The van der Waals surface area contributed by atoms with Crippen LogP contribution in [0.1, 0.15) is 18.1 Å². The SMILES string of the molecule is CC(Sc1nc(-c2cccs2)cc(C(F)(F)F)c1C#N)C(=O)NC(N)=O. The van der Waals surface area contributed by atoms with Gasteiger partial charge in [0.25, 0.3) is 0 Å². The Morgan fingerprint density at radius 1 is 1.46 bits per heavy atom. The molecule has 1 atom stereocenters. The van der Waals surface area contributed by atoms with Crippen LogP contribution in [-0.4, -0.2) is 22.2 Å². The fourth-order valence-electron chi connectivity index (χ4n) is 1.93. The molecule has 2 aromatic heterocycles. The van der Waals surface area contributed by atoms with Crippen molar-refractivity contribution in [2.45, 2.75) is 23.4 Å². The van der Waals surface area contributed by atoms with Gasteiger partial charge in [-0.2, -0.15) is 18.4 Å². The quantitative estimate of drug-likeness (QED) is 0.765. The van der Waals surface area contributed by atoms with E-state index in [2.05, 4.69) is 4.98 Å². The predicted octanol–water partition coefficient (Wildman–Crippen LogP) is 3.38. The average molecular weight is 400 g/mol. The minimum Gasteiger partial charge on any atom is -0.351 e. The Kier molecular flexibility index (Phi) is 5.89. The maximum atomic E-state index is 13.4. The third kappa shape index (κ3) is 4.53. The molecule has 0 aliphatic carbocycles. The van der Waals surface area contributed by atoms with E-state index in [1.807, 2.05) is 5.32 Å². The summed E-state index contributed by atoms with van der Waals surface area (Å²) in [6.07, 6.45) is -4.77. The monoisotopic (exact) mass is 400 g/mol. The molecular weight excluding hydrogens is 389 g/mol. The van der Waals surface area contributed by atoms with Gasteiger partial charge in [-0.15, -0.1) is 11.3 Å². The van der Waals surface area contributed by atoms with Gasteiger partial charge >= 0.3 is 12.2 Å². The van der Waals surface area contributed by atoms with E-state index in [4.69, 9.17) is 5.73 Å². The first kappa shape index (κ1) is 19.7. The minimum atomic E-state index is -4.77. The summed E-state index contributed by atoms with van der Waals surface area (Å²) in [5, 5.41) is 11.5. The highest BCUT2D eigenvalue weighted by atomic mass is 32.2. The highest BCUT2D eigenvalue weighted by Crippen LogP contribution is 2.39. The van der Waals surface area contributed by atoms with Gasteiger partial charge in [0, 0.05) is 0 Å². The van der Waals surface area contributed by atoms with Crippen LogP contribution in [0.15, 0.2) is 28.6 Å². The number of rotatable bonds is 4. The number of thiophene rings is 1. The Bertz CT molecular complexity index is 876. The molecule has 11 heteroatoms. The predicted molar refractivity (Wildman–Crippen MR) is 90.3 cm³/mol. The van der Waals surface area contributed by atoms with Crippen molar-refractivity contribution in [1.82, 2.24) is 10.3 Å². The second-order valence-corrected chi connectivity index (χ2v) is 7.21. The molecule has 26 heavy (non-hydrogen) atoms. The molecule has 0 fully saturated rings. The number of alkyl halides is 3. The first-order valence-electron chi connectivity index (χ1n) is 6.96. The normalized spacial score (nSPS) is 12.3. The number of nitrogens with two attached hydrogens (primary N) is 1. The summed E-state index contributed by atoms with van der Waals surface area (Å²) in [5.41, 5.74) is 3.08. The molecule has 0 aliphatic rings. The fraction of sp³-hybridized carbons (Fsp3) is 0.200. The maximum absolute atomic E-state index is 13.4. The summed E-state index contributed by atoms with van der Waals surface area (Å²) in [7, 11) is 0. The Hall–Kier alpha value is -2.58. The van der Waals surface area contributed by atoms with Crippen molar-refractivity contribution in [3.63, 3.8) is 0 Å². The minimum absolute atomic E-state index is 0.0383. The lowest BCUT2D eigenvalue weighted by Crippen LogP contribution is -2.39. The second kappa shape index (κ2) is 7.76. The second-order valence-electron chi connectivity index (χ2n) is 4.94. The third-order valence-electron chi connectivity index (χ3n) is 3.08. The molecule has 0 saturated heterocycles. The Morgan fingerprint density at radius 3 is 2.65 bits per heavy atom. The van der Waals surface area contributed by atoms with Gasteiger partial charge in [0.15, 0.2) is 0 Å². The zero-order valence-electron chi connectivity index (χ0n) is 13.1. The van der Waals surface area contributed by atoms with Gasteiger partial charge in [-0.05, 0) is 24.4 Å². The molecule has 3 amide bonds. The van der Waals surface area contributed by atoms with Crippen LogP contribution in [-0.2, 0) is 11.0 Å². The van der Waals surface area contributed by atoms with Crippen LogP contribution in [0.25, 0.3) is 10.6 Å². The van der Waals surface area contributed by atoms with Gasteiger partial charge in [-0.3, -0.25) is 10.1 Å². The lowest BCUT2D eigenvalue weighted by Gasteiger charge is -2.15. The highest BCUT2D eigenvalue weighted by molar-refractivity contribution is 8.00. The van der Waals surface area contributed by atoms with Crippen molar-refractivity contribution < 1.29 is 22.8 Å². The molecule has 136 valence electrons. The van der Waals surface area contributed by atoms with Gasteiger partial charge in [0.05, 0.1) is 26.9 Å². The van der Waals surface area contributed by atoms with Crippen LogP contribution >= 0.6 is 23.1 Å². The van der Waals surface area contributed by atoms with Crippen molar-refractivity contribution in [2.24, 2.45) is 5.73 Å². The van der Waals surface area contributed by atoms with E-state index >= 15 is 0 Å². The van der Waals surface area contributed by atoms with Gasteiger partial charge in [-0.25, -0.2) is 9.78 Å². The molecule has 0 bridgehead atoms. The Balaban J connectivity index is 2.53. The molecular formula is C15H11F3N4O2S2. The van der Waals surface area contributed by atoms with Gasteiger partial charge in [-0.1, -0.05) is 17.8 Å². The van der Waals surface area contributed by atoms with E-state index in [0.717, 1.165) is 6.07 Å². The Morgan fingerprint density at radius 2 is 2.15 bits per heavy atom. The van der Waals surface area contributed by atoms with Crippen molar-refractivity contribution in [2.75, 3.05) is 0 Å². The summed E-state index contributed by atoms with van der Waals surface area (Å²) >= 11 is 1.83. The van der Waals surface area contributed by atoms with Crippen molar-refractivity contribution in [3.05, 3.63) is 34.7 Å². The summed E-state index contributed by atoms with van der Waals surface area (Å²) in [4.78, 5) is 27.1. The first-order valence-corrected chi connectivity index (χ1v) is 8.72. The number of carbonyl (C=O) groups excluding carboxylic acids is 2. The van der Waals surface area contributed by atoms with Crippen molar-refractivity contribution in [1.29, 1.82) is 5.26 Å². The molecule has 6 nitrogen and oxygen atoms in total. The van der Waals surface area contributed by atoms with Gasteiger partial charge < -0.3 is 5.73 Å². The number of hydrogen-bond acceptors (Lipinski definition) is 6. The lowest BCUT2D eigenvalue weighted by atomic mass is 10.1. The molecule has 0 radical (unpaired) electrons. The molecule has 0 spiro atoms. The van der Waals surface area contributed by atoms with E-state index in [0.29, 0.717) is 16.6 Å². The number of nitrogens with one attached hydrogen (secondary N) is 1. The molecule has 2 rings (SSSR count). The molecule has 2 heterocycles. The van der Waals surface area contributed by atoms with Crippen LogP contribution in [0.3, 0.4) is 0 Å². The number of nitriles is 1. The van der Waals surface area contributed by atoms with E-state index in [1.54, 1.807) is 17.5 Å². The van der Waals surface area contributed by atoms with E-state index in [9.17, 15) is 28.0 Å². The largest absolute Gasteiger partial charge is 0.417 e. The number of thioether (sulfide) groups is 1. The zero-order chi connectivity index (χ0) is 19.5. The van der Waals surface area contributed by atoms with Crippen LogP contribution in [0.5, 0.6) is 0 Å². The number of nitrogens with zero attached hydrogens (tertiary/aromatic N) is 2. The molecule has 0 saturated carbocycles. The van der Waals surface area contributed by atoms with Crippen LogP contribution in [0.2, 0.25) is 0 Å². The number of urea groups is 1. The summed E-state index contributed by atoms with van der Waals surface area (Å²) in [6.45, 7) is 1.36. The molecule has 3 N–H and O–H groups in total. The van der Waals surface area contributed by atoms with Crippen LogP contribution < -0.4 is 11.1 Å². The summed E-state index contributed by atoms with van der Waals surface area (Å²) in [6, 6.07) is 4.48. The molecule has 0 aliphatic heterocycles. The fourth-order valence-corrected chi connectivity index (χ4v) is 3.54. The summed E-state index contributed by atoms with van der Waals surface area (Å²) < 4.78 is 40.1. The summed E-state index contributed by atoms with van der Waals surface area (Å²) in [5.74, 6) is -0.803. The molecule has 1 unspecified atom stereocenters. The average Bonchev–Trinajstić information content (AvgIpc) is 3.07. The van der Waals surface area contributed by atoms with E-state index in [-0.39, 0.29) is 10.7 Å². The van der Waals surface area contributed by atoms with Crippen LogP contribution in [0.4, 0.5) is 18.0 Å². The number of aromatic nitrogens is 1. The van der Waals surface area contributed by atoms with Gasteiger partial charge in [0.1, 0.15) is 11.1 Å². The van der Waals surface area contributed by atoms with Crippen molar-refractivity contribution >= 4 is 35.0 Å². The number of halogens is 3. The van der Waals surface area contributed by atoms with E-state index < -0.39 is 34.5 Å². The number of amides is 3. The lowest BCUT2D eigenvalue weighted by molar-refractivity contribution is -0.138. The number of pyridine rings is 1.